The van der Waals surface area contributed by atoms with Crippen LogP contribution < -0.4 is 0 Å². The fourth-order valence-electron chi connectivity index (χ4n) is 1.66. The molecule has 0 saturated carbocycles. The van der Waals surface area contributed by atoms with Crippen LogP contribution in [-0.4, -0.2) is 46.3 Å². The monoisotopic (exact) mass is 204 g/mol. The molecular weight excluding hydrogens is 184 g/mol. The zero-order valence-corrected chi connectivity index (χ0v) is 8.97. The van der Waals surface area contributed by atoms with Gasteiger partial charge in [0.1, 0.15) is 12.2 Å². The maximum absolute atomic E-state index is 9.57. The van der Waals surface area contributed by atoms with E-state index in [4.69, 9.17) is 9.84 Å². The Balaban J connectivity index is 2.68. The second-order valence-corrected chi connectivity index (χ2v) is 5.01. The zero-order chi connectivity index (χ0) is 10.9. The molecule has 1 rings (SSSR count). The van der Waals surface area contributed by atoms with Crippen LogP contribution in [0.2, 0.25) is 0 Å². The minimum atomic E-state index is -0.974. The number of hydrogen-bond acceptors (Lipinski definition) is 4. The lowest BCUT2D eigenvalue weighted by Crippen LogP contribution is -2.52. The Hall–Kier alpha value is -0.160. The molecule has 1 aliphatic rings. The van der Waals surface area contributed by atoms with Crippen LogP contribution in [0, 0.1) is 5.41 Å². The van der Waals surface area contributed by atoms with E-state index in [1.807, 2.05) is 20.8 Å². The van der Waals surface area contributed by atoms with Crippen molar-refractivity contribution in [2.45, 2.75) is 51.6 Å². The van der Waals surface area contributed by atoms with Gasteiger partial charge >= 0.3 is 0 Å². The minimum Gasteiger partial charge on any atom is -0.394 e. The lowest BCUT2D eigenvalue weighted by Gasteiger charge is -2.42. The van der Waals surface area contributed by atoms with Gasteiger partial charge in [-0.05, 0) is 5.41 Å². The van der Waals surface area contributed by atoms with E-state index in [0.717, 1.165) is 0 Å². The van der Waals surface area contributed by atoms with Gasteiger partial charge in [0.15, 0.2) is 0 Å². The number of rotatable bonds is 1. The molecule has 3 N–H and O–H groups in total. The van der Waals surface area contributed by atoms with Crippen molar-refractivity contribution in [1.29, 1.82) is 0 Å². The molecule has 1 heterocycles. The number of aliphatic hydroxyl groups is 3. The number of aliphatic hydroxyl groups excluding tert-OH is 3. The fourth-order valence-corrected chi connectivity index (χ4v) is 1.66. The van der Waals surface area contributed by atoms with Crippen molar-refractivity contribution in [3.8, 4) is 0 Å². The molecule has 1 fully saturated rings. The van der Waals surface area contributed by atoms with E-state index >= 15 is 0 Å². The number of hydrogen-bond donors (Lipinski definition) is 3. The Labute approximate surface area is 84.5 Å². The molecule has 14 heavy (non-hydrogen) atoms. The summed E-state index contributed by atoms with van der Waals surface area (Å²) < 4.78 is 5.52. The first-order chi connectivity index (χ1) is 6.36. The zero-order valence-electron chi connectivity index (χ0n) is 8.97. The normalized spacial score (nSPS) is 39.9. The second-order valence-electron chi connectivity index (χ2n) is 5.01. The summed E-state index contributed by atoms with van der Waals surface area (Å²) in [6.07, 6.45) is -2.15. The van der Waals surface area contributed by atoms with Crippen LogP contribution in [0.3, 0.4) is 0 Å². The molecule has 0 aliphatic carbocycles. The van der Waals surface area contributed by atoms with E-state index < -0.39 is 18.3 Å². The van der Waals surface area contributed by atoms with Crippen molar-refractivity contribution in [2.24, 2.45) is 5.41 Å². The smallest absolute Gasteiger partial charge is 0.109 e. The van der Waals surface area contributed by atoms with E-state index in [2.05, 4.69) is 0 Å². The third-order valence-corrected chi connectivity index (χ3v) is 2.72. The molecule has 1 aliphatic heterocycles. The molecule has 2 unspecified atom stereocenters. The lowest BCUT2D eigenvalue weighted by atomic mass is 9.82. The molecule has 0 aromatic carbocycles. The molecule has 0 bridgehead atoms. The summed E-state index contributed by atoms with van der Waals surface area (Å²) in [5.41, 5.74) is -0.0887. The Morgan fingerprint density at radius 2 is 1.86 bits per heavy atom. The predicted molar refractivity (Wildman–Crippen MR) is 51.8 cm³/mol. The lowest BCUT2D eigenvalue weighted by molar-refractivity contribution is -0.201. The van der Waals surface area contributed by atoms with Crippen molar-refractivity contribution < 1.29 is 20.1 Å². The predicted octanol–water partition coefficient (Wildman–Crippen LogP) is -0.0959. The van der Waals surface area contributed by atoms with Crippen LogP contribution in [0.5, 0.6) is 0 Å². The molecule has 1 saturated heterocycles. The largest absolute Gasteiger partial charge is 0.394 e. The Morgan fingerprint density at radius 1 is 1.29 bits per heavy atom. The average molecular weight is 204 g/mol. The van der Waals surface area contributed by atoms with Crippen LogP contribution in [0.1, 0.15) is 27.2 Å². The first-order valence-corrected chi connectivity index (χ1v) is 4.98. The Bertz CT molecular complexity index is 187. The van der Waals surface area contributed by atoms with Gasteiger partial charge in [0.05, 0.1) is 18.8 Å². The van der Waals surface area contributed by atoms with Gasteiger partial charge in [-0.2, -0.15) is 0 Å². The second kappa shape index (κ2) is 4.14. The van der Waals surface area contributed by atoms with Crippen molar-refractivity contribution in [1.82, 2.24) is 0 Å². The molecule has 4 nitrogen and oxygen atoms in total. The molecule has 0 aromatic heterocycles. The van der Waals surface area contributed by atoms with Crippen molar-refractivity contribution in [3.05, 3.63) is 0 Å². The molecule has 0 spiro atoms. The molecule has 0 amide bonds. The van der Waals surface area contributed by atoms with Gasteiger partial charge < -0.3 is 20.1 Å². The van der Waals surface area contributed by atoms with Gasteiger partial charge in [0.2, 0.25) is 0 Å². The van der Waals surface area contributed by atoms with Gasteiger partial charge in [-0.1, -0.05) is 20.8 Å². The topological polar surface area (TPSA) is 69.9 Å². The average Bonchev–Trinajstić information content (AvgIpc) is 2.07. The van der Waals surface area contributed by atoms with Crippen LogP contribution in [-0.2, 0) is 4.74 Å². The molecule has 4 heteroatoms. The third-order valence-electron chi connectivity index (χ3n) is 2.72. The highest BCUT2D eigenvalue weighted by atomic mass is 16.5. The summed E-state index contributed by atoms with van der Waals surface area (Å²) in [5.74, 6) is 0. The van der Waals surface area contributed by atoms with Crippen LogP contribution in [0.25, 0.3) is 0 Å². The minimum absolute atomic E-state index is 0.0887. The van der Waals surface area contributed by atoms with E-state index in [1.54, 1.807) is 0 Å². The molecular formula is C10H20O4. The quantitative estimate of drug-likeness (QED) is 0.558. The van der Waals surface area contributed by atoms with Gasteiger partial charge in [-0.25, -0.2) is 0 Å². The van der Waals surface area contributed by atoms with Gasteiger partial charge in [0, 0.05) is 6.42 Å². The number of ether oxygens (including phenoxy) is 1. The van der Waals surface area contributed by atoms with Crippen molar-refractivity contribution in [3.63, 3.8) is 0 Å². The third kappa shape index (κ3) is 2.45. The maximum atomic E-state index is 9.57. The van der Waals surface area contributed by atoms with Crippen molar-refractivity contribution in [2.75, 3.05) is 6.61 Å². The maximum Gasteiger partial charge on any atom is 0.109 e. The summed E-state index contributed by atoms with van der Waals surface area (Å²) in [7, 11) is 0. The summed E-state index contributed by atoms with van der Waals surface area (Å²) in [6.45, 7) is 5.77. The Morgan fingerprint density at radius 3 is 2.29 bits per heavy atom. The van der Waals surface area contributed by atoms with Crippen LogP contribution in [0.4, 0.5) is 0 Å². The Kier molecular flexibility index (Phi) is 3.53. The summed E-state index contributed by atoms with van der Waals surface area (Å²) in [4.78, 5) is 0. The summed E-state index contributed by atoms with van der Waals surface area (Å²) in [6, 6.07) is 0. The first-order valence-electron chi connectivity index (χ1n) is 4.98. The molecule has 0 radical (unpaired) electrons. The SMILES string of the molecule is CC(C)(C)[C@H]1CC(O)[C@@H](O)C(CO)O1. The summed E-state index contributed by atoms with van der Waals surface area (Å²) in [5, 5.41) is 28.0. The van der Waals surface area contributed by atoms with E-state index in [0.29, 0.717) is 6.42 Å². The van der Waals surface area contributed by atoms with E-state index in [1.165, 1.54) is 0 Å². The molecule has 4 atom stereocenters. The summed E-state index contributed by atoms with van der Waals surface area (Å²) >= 11 is 0. The first kappa shape index (κ1) is 11.9. The highest BCUT2D eigenvalue weighted by Gasteiger charge is 2.40. The van der Waals surface area contributed by atoms with Gasteiger partial charge in [-0.15, -0.1) is 0 Å². The standard InChI is InChI=1S/C10H20O4/c1-10(2,3)8-4-6(12)9(13)7(5-11)14-8/h6-9,11-13H,4-5H2,1-3H3/t6?,7?,8-,9-/m1/s1. The van der Waals surface area contributed by atoms with Crippen LogP contribution in [0.15, 0.2) is 0 Å². The highest BCUT2D eigenvalue weighted by Crippen LogP contribution is 2.32. The van der Waals surface area contributed by atoms with Gasteiger partial charge in [-0.3, -0.25) is 0 Å². The molecule has 84 valence electrons. The van der Waals surface area contributed by atoms with Crippen LogP contribution >= 0.6 is 0 Å². The van der Waals surface area contributed by atoms with Crippen molar-refractivity contribution >= 4 is 0 Å². The fraction of sp³-hybridized carbons (Fsp3) is 1.00. The van der Waals surface area contributed by atoms with E-state index in [9.17, 15) is 10.2 Å². The van der Waals surface area contributed by atoms with E-state index in [-0.39, 0.29) is 18.1 Å². The van der Waals surface area contributed by atoms with Gasteiger partial charge in [0.25, 0.3) is 0 Å². The highest BCUT2D eigenvalue weighted by molar-refractivity contribution is 4.89. The molecule has 0 aromatic rings.